The molecule has 0 unspecified atom stereocenters. The Labute approximate surface area is 121 Å². The van der Waals surface area contributed by atoms with Crippen molar-refractivity contribution in [2.75, 3.05) is 51.9 Å². The Hall–Kier alpha value is -1.33. The second-order valence-corrected chi connectivity index (χ2v) is 5.18. The van der Waals surface area contributed by atoms with Gasteiger partial charge in [0.2, 0.25) is 0 Å². The van der Waals surface area contributed by atoms with Crippen molar-refractivity contribution in [2.24, 2.45) is 5.92 Å². The second-order valence-electron chi connectivity index (χ2n) is 5.18. The van der Waals surface area contributed by atoms with Crippen LogP contribution in [0.4, 0.5) is 5.82 Å². The summed E-state index contributed by atoms with van der Waals surface area (Å²) in [5.41, 5.74) is 0. The zero-order valence-electron chi connectivity index (χ0n) is 12.5. The summed E-state index contributed by atoms with van der Waals surface area (Å²) in [7, 11) is 3.40. The van der Waals surface area contributed by atoms with Gasteiger partial charge in [-0.15, -0.1) is 0 Å². The molecule has 112 valence electrons. The molecule has 2 heterocycles. The highest BCUT2D eigenvalue weighted by Gasteiger charge is 2.19. The van der Waals surface area contributed by atoms with Crippen molar-refractivity contribution in [3.05, 3.63) is 18.3 Å². The van der Waals surface area contributed by atoms with Crippen molar-refractivity contribution in [3.63, 3.8) is 0 Å². The predicted octanol–water partition coefficient (Wildman–Crippen LogP) is 1.54. The lowest BCUT2D eigenvalue weighted by atomic mass is 9.97. The number of hydrogen-bond acceptors (Lipinski definition) is 5. The zero-order chi connectivity index (χ0) is 14.2. The number of ether oxygens (including phenoxy) is 2. The molecule has 1 aromatic heterocycles. The monoisotopic (exact) mass is 279 g/mol. The van der Waals surface area contributed by atoms with E-state index in [4.69, 9.17) is 9.47 Å². The van der Waals surface area contributed by atoms with Gasteiger partial charge in [-0.25, -0.2) is 4.98 Å². The third-order valence-corrected chi connectivity index (χ3v) is 3.81. The zero-order valence-corrected chi connectivity index (χ0v) is 12.5. The summed E-state index contributed by atoms with van der Waals surface area (Å²) in [6, 6.07) is 4.01. The summed E-state index contributed by atoms with van der Waals surface area (Å²) < 4.78 is 10.2. The summed E-state index contributed by atoms with van der Waals surface area (Å²) >= 11 is 0. The standard InChI is InChI=1S/C15H25N3O2/c1-19-10-7-16-11-13-5-8-18(9-6-13)15-4-3-14(20-2)12-17-15/h3-4,12-13,16H,5-11H2,1-2H3. The lowest BCUT2D eigenvalue weighted by molar-refractivity contribution is 0.196. The Morgan fingerprint density at radius 1 is 1.30 bits per heavy atom. The highest BCUT2D eigenvalue weighted by Crippen LogP contribution is 2.22. The molecule has 0 aromatic carbocycles. The molecule has 5 heteroatoms. The van der Waals surface area contributed by atoms with Gasteiger partial charge in [0.25, 0.3) is 0 Å². The van der Waals surface area contributed by atoms with Crippen LogP contribution in [-0.2, 0) is 4.74 Å². The first kappa shape index (κ1) is 15.1. The van der Waals surface area contributed by atoms with E-state index in [1.165, 1.54) is 12.8 Å². The molecular formula is C15H25N3O2. The molecule has 5 nitrogen and oxygen atoms in total. The van der Waals surface area contributed by atoms with Gasteiger partial charge in [-0.3, -0.25) is 0 Å². The number of rotatable bonds is 7. The van der Waals surface area contributed by atoms with E-state index in [0.29, 0.717) is 0 Å². The lowest BCUT2D eigenvalue weighted by Gasteiger charge is -2.33. The van der Waals surface area contributed by atoms with Gasteiger partial charge in [0.05, 0.1) is 19.9 Å². The topological polar surface area (TPSA) is 46.6 Å². The first-order chi connectivity index (χ1) is 9.83. The number of piperidine rings is 1. The van der Waals surface area contributed by atoms with Gasteiger partial charge >= 0.3 is 0 Å². The minimum atomic E-state index is 0.765. The first-order valence-electron chi connectivity index (χ1n) is 7.28. The van der Waals surface area contributed by atoms with E-state index >= 15 is 0 Å². The van der Waals surface area contributed by atoms with Crippen molar-refractivity contribution in [1.82, 2.24) is 10.3 Å². The molecule has 0 atom stereocenters. The normalized spacial score (nSPS) is 16.4. The van der Waals surface area contributed by atoms with E-state index < -0.39 is 0 Å². The van der Waals surface area contributed by atoms with Gasteiger partial charge in [0.1, 0.15) is 11.6 Å². The smallest absolute Gasteiger partial charge is 0.137 e. The third-order valence-electron chi connectivity index (χ3n) is 3.81. The Morgan fingerprint density at radius 3 is 2.70 bits per heavy atom. The molecule has 0 aliphatic carbocycles. The highest BCUT2D eigenvalue weighted by molar-refractivity contribution is 5.41. The molecule has 1 aromatic rings. The summed E-state index contributed by atoms with van der Waals surface area (Å²) in [6.07, 6.45) is 4.22. The van der Waals surface area contributed by atoms with Crippen LogP contribution in [0.25, 0.3) is 0 Å². The maximum atomic E-state index is 5.14. The van der Waals surface area contributed by atoms with Crippen LogP contribution in [0.2, 0.25) is 0 Å². The Balaban J connectivity index is 1.73. The van der Waals surface area contributed by atoms with Crippen LogP contribution in [0.15, 0.2) is 18.3 Å². The van der Waals surface area contributed by atoms with E-state index in [0.717, 1.165) is 50.3 Å². The third kappa shape index (κ3) is 4.35. The summed E-state index contributed by atoms with van der Waals surface area (Å²) in [5.74, 6) is 2.63. The van der Waals surface area contributed by atoms with Crippen LogP contribution in [-0.4, -0.2) is 52.0 Å². The molecular weight excluding hydrogens is 254 g/mol. The summed E-state index contributed by atoms with van der Waals surface area (Å²) in [5, 5.41) is 3.45. The predicted molar refractivity (Wildman–Crippen MR) is 80.5 cm³/mol. The molecule has 1 aliphatic heterocycles. The maximum absolute atomic E-state index is 5.14. The minimum absolute atomic E-state index is 0.765. The quantitative estimate of drug-likeness (QED) is 0.767. The van der Waals surface area contributed by atoms with Crippen LogP contribution < -0.4 is 15.0 Å². The largest absolute Gasteiger partial charge is 0.495 e. The number of anilines is 1. The minimum Gasteiger partial charge on any atom is -0.495 e. The average Bonchev–Trinajstić information content (AvgIpc) is 2.52. The fourth-order valence-corrected chi connectivity index (χ4v) is 2.53. The summed E-state index contributed by atoms with van der Waals surface area (Å²) in [4.78, 5) is 6.81. The molecule has 0 bridgehead atoms. The number of hydrogen-bond donors (Lipinski definition) is 1. The molecule has 0 spiro atoms. The van der Waals surface area contributed by atoms with Gasteiger partial charge in [0, 0.05) is 26.7 Å². The number of nitrogens with zero attached hydrogens (tertiary/aromatic N) is 2. The number of methoxy groups -OCH3 is 2. The molecule has 20 heavy (non-hydrogen) atoms. The molecule has 0 amide bonds. The van der Waals surface area contributed by atoms with Crippen LogP contribution in [0.1, 0.15) is 12.8 Å². The van der Waals surface area contributed by atoms with Crippen molar-refractivity contribution in [3.8, 4) is 5.75 Å². The fourth-order valence-electron chi connectivity index (χ4n) is 2.53. The van der Waals surface area contributed by atoms with Crippen LogP contribution in [0, 0.1) is 5.92 Å². The Morgan fingerprint density at radius 2 is 2.10 bits per heavy atom. The molecule has 1 saturated heterocycles. The van der Waals surface area contributed by atoms with Crippen LogP contribution in [0.3, 0.4) is 0 Å². The maximum Gasteiger partial charge on any atom is 0.137 e. The molecule has 0 radical (unpaired) electrons. The highest BCUT2D eigenvalue weighted by atomic mass is 16.5. The van der Waals surface area contributed by atoms with E-state index in [9.17, 15) is 0 Å². The van der Waals surface area contributed by atoms with E-state index in [2.05, 4.69) is 15.2 Å². The van der Waals surface area contributed by atoms with E-state index in [1.807, 2.05) is 12.1 Å². The number of aromatic nitrogens is 1. The van der Waals surface area contributed by atoms with Crippen LogP contribution in [0.5, 0.6) is 5.75 Å². The van der Waals surface area contributed by atoms with Crippen molar-refractivity contribution < 1.29 is 9.47 Å². The van der Waals surface area contributed by atoms with Crippen molar-refractivity contribution >= 4 is 5.82 Å². The average molecular weight is 279 g/mol. The fraction of sp³-hybridized carbons (Fsp3) is 0.667. The van der Waals surface area contributed by atoms with Gasteiger partial charge in [-0.05, 0) is 37.4 Å². The Kier molecular flexibility index (Phi) is 6.08. The van der Waals surface area contributed by atoms with Gasteiger partial charge in [0.15, 0.2) is 0 Å². The van der Waals surface area contributed by atoms with E-state index in [-0.39, 0.29) is 0 Å². The molecule has 2 rings (SSSR count). The lowest BCUT2D eigenvalue weighted by Crippen LogP contribution is -2.38. The molecule has 1 fully saturated rings. The van der Waals surface area contributed by atoms with Gasteiger partial charge in [-0.1, -0.05) is 0 Å². The van der Waals surface area contributed by atoms with Crippen LogP contribution >= 0.6 is 0 Å². The molecule has 0 saturated carbocycles. The molecule has 1 N–H and O–H groups in total. The SMILES string of the molecule is COCCNCC1CCN(c2ccc(OC)cn2)CC1. The van der Waals surface area contributed by atoms with Gasteiger partial charge < -0.3 is 19.7 Å². The number of pyridine rings is 1. The Bertz CT molecular complexity index is 375. The number of nitrogens with one attached hydrogen (secondary N) is 1. The first-order valence-corrected chi connectivity index (χ1v) is 7.28. The van der Waals surface area contributed by atoms with Gasteiger partial charge in [-0.2, -0.15) is 0 Å². The molecule has 1 aliphatic rings. The van der Waals surface area contributed by atoms with E-state index in [1.54, 1.807) is 20.4 Å². The summed E-state index contributed by atoms with van der Waals surface area (Å²) in [6.45, 7) is 4.98. The van der Waals surface area contributed by atoms with Crippen molar-refractivity contribution in [1.29, 1.82) is 0 Å². The van der Waals surface area contributed by atoms with Crippen molar-refractivity contribution in [2.45, 2.75) is 12.8 Å². The second kappa shape index (κ2) is 8.07.